The molecule has 0 aliphatic rings. The van der Waals surface area contributed by atoms with Crippen molar-refractivity contribution in [2.24, 2.45) is 0 Å². The van der Waals surface area contributed by atoms with Gasteiger partial charge in [0.25, 0.3) is 0 Å². The van der Waals surface area contributed by atoms with Crippen molar-refractivity contribution in [3.63, 3.8) is 0 Å². The second-order valence-corrected chi connectivity index (χ2v) is 6.90. The van der Waals surface area contributed by atoms with E-state index < -0.39 is 8.32 Å². The maximum atomic E-state index is 5.64. The lowest BCUT2D eigenvalue weighted by Gasteiger charge is -2.24. The molecule has 0 bridgehead atoms. The summed E-state index contributed by atoms with van der Waals surface area (Å²) < 4.78 is 5.64. The summed E-state index contributed by atoms with van der Waals surface area (Å²) >= 11 is 0. The smallest absolute Gasteiger partial charge is 0.247 e. The molecule has 0 saturated heterocycles. The van der Waals surface area contributed by atoms with Crippen LogP contribution in [0.4, 0.5) is 0 Å². The second-order valence-electron chi connectivity index (χ2n) is 3.02. The lowest BCUT2D eigenvalue weighted by molar-refractivity contribution is 0.415. The molecule has 70 valence electrons. The van der Waals surface area contributed by atoms with E-state index in [0.29, 0.717) is 0 Å². The minimum absolute atomic E-state index is 1.04. The third kappa shape index (κ3) is 1.90. The molecule has 0 radical (unpaired) electrons. The maximum absolute atomic E-state index is 5.64. The van der Waals surface area contributed by atoms with E-state index >= 15 is 0 Å². The van der Waals surface area contributed by atoms with Crippen LogP contribution < -0.4 is 5.19 Å². The van der Waals surface area contributed by atoms with E-state index in [0.717, 1.165) is 6.04 Å². The van der Waals surface area contributed by atoms with Crippen LogP contribution in [0.2, 0.25) is 6.04 Å². The van der Waals surface area contributed by atoms with Gasteiger partial charge in [0, 0.05) is 7.11 Å². The van der Waals surface area contributed by atoms with Gasteiger partial charge in [0.1, 0.15) is 0 Å². The number of benzene rings is 1. The topological polar surface area (TPSA) is 9.23 Å². The fraction of sp³-hybridized carbons (Fsp3) is 0.273. The van der Waals surface area contributed by atoms with Crippen molar-refractivity contribution in [3.05, 3.63) is 42.6 Å². The number of hydrogen-bond donors (Lipinski definition) is 0. The molecule has 1 unspecified atom stereocenters. The first kappa shape index (κ1) is 10.2. The van der Waals surface area contributed by atoms with Crippen LogP contribution in [0.5, 0.6) is 0 Å². The van der Waals surface area contributed by atoms with E-state index in [1.807, 2.05) is 11.8 Å². The molecule has 2 heteroatoms. The standard InChI is InChI=1S/C11H16OSi/c1-4-13(5-2,12-3)11-9-7-6-8-10-11/h4,6-10H,1,5H2,2-3H3. The molecule has 1 atom stereocenters. The van der Waals surface area contributed by atoms with Crippen molar-refractivity contribution in [1.82, 2.24) is 0 Å². The molecule has 1 aromatic carbocycles. The molecule has 1 nitrogen and oxygen atoms in total. The zero-order chi connectivity index (χ0) is 9.73. The van der Waals surface area contributed by atoms with Gasteiger partial charge in [0.2, 0.25) is 8.32 Å². The quantitative estimate of drug-likeness (QED) is 0.665. The Balaban J connectivity index is 3.08. The lowest BCUT2D eigenvalue weighted by Crippen LogP contribution is -2.47. The van der Waals surface area contributed by atoms with Gasteiger partial charge < -0.3 is 4.43 Å². The normalized spacial score (nSPS) is 14.9. The van der Waals surface area contributed by atoms with Gasteiger partial charge in [-0.25, -0.2) is 0 Å². The highest BCUT2D eigenvalue weighted by atomic mass is 28.4. The Labute approximate surface area is 81.2 Å². The minimum Gasteiger partial charge on any atom is -0.412 e. The van der Waals surface area contributed by atoms with Gasteiger partial charge >= 0.3 is 0 Å². The van der Waals surface area contributed by atoms with E-state index in [1.165, 1.54) is 5.19 Å². The molecule has 0 amide bonds. The third-order valence-electron chi connectivity index (χ3n) is 2.48. The molecular formula is C11H16OSi. The highest BCUT2D eigenvalue weighted by Gasteiger charge is 2.29. The molecule has 1 rings (SSSR count). The van der Waals surface area contributed by atoms with Gasteiger partial charge in [-0.3, -0.25) is 0 Å². The largest absolute Gasteiger partial charge is 0.412 e. The van der Waals surface area contributed by atoms with Crippen molar-refractivity contribution < 1.29 is 4.43 Å². The van der Waals surface area contributed by atoms with E-state index in [-0.39, 0.29) is 0 Å². The average Bonchev–Trinajstić information content (AvgIpc) is 2.23. The fourth-order valence-corrected chi connectivity index (χ4v) is 3.91. The number of rotatable bonds is 4. The maximum Gasteiger partial charge on any atom is 0.247 e. The van der Waals surface area contributed by atoms with Crippen LogP contribution in [-0.4, -0.2) is 15.4 Å². The molecular weight excluding hydrogens is 176 g/mol. The predicted octanol–water partition coefficient (Wildman–Crippen LogP) is 2.23. The molecule has 0 heterocycles. The highest BCUT2D eigenvalue weighted by molar-refractivity contribution is 6.90. The summed E-state index contributed by atoms with van der Waals surface area (Å²) in [6.45, 7) is 6.05. The molecule has 0 fully saturated rings. The first-order chi connectivity index (χ1) is 6.29. The Morgan fingerprint density at radius 1 is 1.38 bits per heavy atom. The summed E-state index contributed by atoms with van der Waals surface area (Å²) in [6, 6.07) is 11.4. The van der Waals surface area contributed by atoms with Crippen LogP contribution in [0, 0.1) is 0 Å². The van der Waals surface area contributed by atoms with Gasteiger partial charge in [-0.2, -0.15) is 0 Å². The zero-order valence-electron chi connectivity index (χ0n) is 8.29. The average molecular weight is 192 g/mol. The summed E-state index contributed by atoms with van der Waals surface area (Å²) in [7, 11) is -0.0475. The molecule has 0 aliphatic heterocycles. The monoisotopic (exact) mass is 192 g/mol. The minimum atomic E-state index is -1.83. The third-order valence-corrected chi connectivity index (χ3v) is 6.23. The van der Waals surface area contributed by atoms with Crippen LogP contribution in [0.3, 0.4) is 0 Å². The van der Waals surface area contributed by atoms with E-state index in [4.69, 9.17) is 4.43 Å². The van der Waals surface area contributed by atoms with Gasteiger partial charge in [0.05, 0.1) is 0 Å². The van der Waals surface area contributed by atoms with Crippen molar-refractivity contribution in [2.45, 2.75) is 13.0 Å². The van der Waals surface area contributed by atoms with Gasteiger partial charge in [-0.15, -0.1) is 6.58 Å². The Kier molecular flexibility index (Phi) is 3.45. The molecule has 0 aliphatic carbocycles. The Bertz CT molecular complexity index is 265. The first-order valence-corrected chi connectivity index (χ1v) is 6.72. The summed E-state index contributed by atoms with van der Waals surface area (Å²) in [6.07, 6.45) is 0. The summed E-state index contributed by atoms with van der Waals surface area (Å²) in [5, 5.41) is 1.30. The summed E-state index contributed by atoms with van der Waals surface area (Å²) in [4.78, 5) is 0. The zero-order valence-corrected chi connectivity index (χ0v) is 9.29. The molecule has 0 aromatic heterocycles. The fourth-order valence-electron chi connectivity index (χ4n) is 1.53. The van der Waals surface area contributed by atoms with E-state index in [9.17, 15) is 0 Å². The van der Waals surface area contributed by atoms with E-state index in [2.05, 4.69) is 37.8 Å². The van der Waals surface area contributed by atoms with Crippen molar-refractivity contribution in [3.8, 4) is 0 Å². The van der Waals surface area contributed by atoms with Gasteiger partial charge in [-0.1, -0.05) is 43.0 Å². The molecule has 13 heavy (non-hydrogen) atoms. The molecule has 1 aromatic rings. The highest BCUT2D eigenvalue weighted by Crippen LogP contribution is 2.11. The Morgan fingerprint density at radius 3 is 2.38 bits per heavy atom. The van der Waals surface area contributed by atoms with Crippen LogP contribution in [-0.2, 0) is 4.43 Å². The summed E-state index contributed by atoms with van der Waals surface area (Å²) in [5.74, 6) is 0. The van der Waals surface area contributed by atoms with Crippen molar-refractivity contribution >= 4 is 13.5 Å². The van der Waals surface area contributed by atoms with Crippen molar-refractivity contribution in [2.75, 3.05) is 7.11 Å². The van der Waals surface area contributed by atoms with Crippen LogP contribution in [0.25, 0.3) is 0 Å². The Morgan fingerprint density at radius 2 is 2.00 bits per heavy atom. The van der Waals surface area contributed by atoms with Crippen LogP contribution in [0.15, 0.2) is 42.6 Å². The van der Waals surface area contributed by atoms with E-state index in [1.54, 1.807) is 7.11 Å². The van der Waals surface area contributed by atoms with Crippen LogP contribution in [0.1, 0.15) is 6.92 Å². The summed E-state index contributed by atoms with van der Waals surface area (Å²) in [5.41, 5.74) is 2.00. The SMILES string of the molecule is C=C[Si](CC)(OC)c1ccccc1. The molecule has 0 saturated carbocycles. The number of hydrogen-bond acceptors (Lipinski definition) is 1. The van der Waals surface area contributed by atoms with Crippen LogP contribution >= 0.6 is 0 Å². The van der Waals surface area contributed by atoms with Gasteiger partial charge in [0.15, 0.2) is 0 Å². The molecule has 0 spiro atoms. The van der Waals surface area contributed by atoms with Gasteiger partial charge in [-0.05, 0) is 11.2 Å². The van der Waals surface area contributed by atoms with Crippen molar-refractivity contribution in [1.29, 1.82) is 0 Å². The molecule has 0 N–H and O–H groups in total. The predicted molar refractivity (Wildman–Crippen MR) is 59.5 cm³/mol. The lowest BCUT2D eigenvalue weighted by atomic mass is 10.4. The Hall–Kier alpha value is -0.863. The second kappa shape index (κ2) is 4.39. The first-order valence-electron chi connectivity index (χ1n) is 4.53.